The summed E-state index contributed by atoms with van der Waals surface area (Å²) < 4.78 is 0. The number of aromatic nitrogens is 2. The van der Waals surface area contributed by atoms with Gasteiger partial charge >= 0.3 is 0 Å². The fraction of sp³-hybridized carbons (Fsp3) is 0.667. The van der Waals surface area contributed by atoms with Crippen LogP contribution in [0, 0.1) is 0 Å². The van der Waals surface area contributed by atoms with Gasteiger partial charge in [0.15, 0.2) is 0 Å². The van der Waals surface area contributed by atoms with Crippen LogP contribution < -0.4 is 0 Å². The molecule has 0 aromatic carbocycles. The third-order valence-electron chi connectivity index (χ3n) is 3.21. The van der Waals surface area contributed by atoms with E-state index >= 15 is 0 Å². The molecule has 1 aliphatic heterocycles. The summed E-state index contributed by atoms with van der Waals surface area (Å²) in [5, 5.41) is 0. The second-order valence-electron chi connectivity index (χ2n) is 4.56. The first-order valence-electron chi connectivity index (χ1n) is 5.77. The van der Waals surface area contributed by atoms with Crippen LogP contribution in [0.25, 0.3) is 0 Å². The van der Waals surface area contributed by atoms with Gasteiger partial charge in [0.25, 0.3) is 0 Å². The predicted molar refractivity (Wildman–Crippen MR) is 60.7 cm³/mol. The van der Waals surface area contributed by atoms with Crippen molar-refractivity contribution in [3.05, 3.63) is 24.3 Å². The zero-order valence-corrected chi connectivity index (χ0v) is 9.56. The van der Waals surface area contributed by atoms with Crippen LogP contribution in [0.1, 0.15) is 38.3 Å². The summed E-state index contributed by atoms with van der Waals surface area (Å²) in [5.41, 5.74) is 1.20. The van der Waals surface area contributed by atoms with E-state index in [9.17, 15) is 0 Å². The molecule has 1 fully saturated rings. The standard InChI is InChI=1S/C12H19N3/c1-10(2)15-7-3-4-11(8-15)12-5-6-13-9-14-12/h5-6,9-11H,3-4,7-8H2,1-2H3/t11-/m0/s1. The number of likely N-dealkylation sites (tertiary alicyclic amines) is 1. The molecule has 0 amide bonds. The number of piperidine rings is 1. The van der Waals surface area contributed by atoms with Crippen molar-refractivity contribution < 1.29 is 0 Å². The van der Waals surface area contributed by atoms with E-state index in [1.165, 1.54) is 25.1 Å². The molecule has 0 unspecified atom stereocenters. The first kappa shape index (κ1) is 10.6. The molecule has 0 bridgehead atoms. The lowest BCUT2D eigenvalue weighted by Gasteiger charge is -2.35. The Morgan fingerprint density at radius 2 is 2.33 bits per heavy atom. The van der Waals surface area contributed by atoms with E-state index in [1.807, 2.05) is 6.20 Å². The lowest BCUT2D eigenvalue weighted by atomic mass is 9.94. The van der Waals surface area contributed by atoms with Crippen LogP contribution in [-0.2, 0) is 0 Å². The molecule has 1 saturated heterocycles. The molecule has 1 aliphatic rings. The first-order chi connectivity index (χ1) is 7.27. The summed E-state index contributed by atoms with van der Waals surface area (Å²) in [6.45, 7) is 6.92. The average molecular weight is 205 g/mol. The van der Waals surface area contributed by atoms with Gasteiger partial charge in [-0.15, -0.1) is 0 Å². The molecular formula is C12H19N3. The van der Waals surface area contributed by atoms with Crippen molar-refractivity contribution in [1.29, 1.82) is 0 Å². The van der Waals surface area contributed by atoms with E-state index in [4.69, 9.17) is 0 Å². The second-order valence-corrected chi connectivity index (χ2v) is 4.56. The van der Waals surface area contributed by atoms with E-state index in [0.717, 1.165) is 6.54 Å². The summed E-state index contributed by atoms with van der Waals surface area (Å²) in [6, 6.07) is 2.70. The molecule has 0 saturated carbocycles. The van der Waals surface area contributed by atoms with Gasteiger partial charge in [-0.05, 0) is 39.3 Å². The maximum absolute atomic E-state index is 4.36. The summed E-state index contributed by atoms with van der Waals surface area (Å²) in [6.07, 6.45) is 6.05. The maximum atomic E-state index is 4.36. The van der Waals surface area contributed by atoms with E-state index in [1.54, 1.807) is 6.33 Å². The highest BCUT2D eigenvalue weighted by Gasteiger charge is 2.23. The Balaban J connectivity index is 2.05. The minimum atomic E-state index is 0.601. The number of rotatable bonds is 2. The topological polar surface area (TPSA) is 29.0 Å². The number of nitrogens with zero attached hydrogens (tertiary/aromatic N) is 3. The van der Waals surface area contributed by atoms with Gasteiger partial charge in [0, 0.05) is 30.4 Å². The zero-order chi connectivity index (χ0) is 10.7. The van der Waals surface area contributed by atoms with Crippen molar-refractivity contribution in [2.45, 2.75) is 38.6 Å². The quantitative estimate of drug-likeness (QED) is 0.740. The Morgan fingerprint density at radius 3 is 3.00 bits per heavy atom. The van der Waals surface area contributed by atoms with Crippen molar-refractivity contribution in [3.63, 3.8) is 0 Å². The molecule has 0 aliphatic carbocycles. The Morgan fingerprint density at radius 1 is 1.47 bits per heavy atom. The zero-order valence-electron chi connectivity index (χ0n) is 9.56. The molecule has 1 aromatic rings. The number of hydrogen-bond donors (Lipinski definition) is 0. The van der Waals surface area contributed by atoms with Crippen LogP contribution in [0.5, 0.6) is 0 Å². The maximum Gasteiger partial charge on any atom is 0.115 e. The second kappa shape index (κ2) is 4.71. The number of hydrogen-bond acceptors (Lipinski definition) is 3. The highest BCUT2D eigenvalue weighted by molar-refractivity contribution is 5.07. The van der Waals surface area contributed by atoms with Crippen molar-refractivity contribution in [2.75, 3.05) is 13.1 Å². The van der Waals surface area contributed by atoms with Crippen molar-refractivity contribution >= 4 is 0 Å². The summed E-state index contributed by atoms with van der Waals surface area (Å²) in [4.78, 5) is 10.9. The fourth-order valence-electron chi connectivity index (χ4n) is 2.26. The monoisotopic (exact) mass is 205 g/mol. The average Bonchev–Trinajstić information content (AvgIpc) is 2.30. The molecule has 1 atom stereocenters. The van der Waals surface area contributed by atoms with Crippen LogP contribution in [0.15, 0.2) is 18.6 Å². The van der Waals surface area contributed by atoms with E-state index in [0.29, 0.717) is 12.0 Å². The van der Waals surface area contributed by atoms with Gasteiger partial charge in [-0.2, -0.15) is 0 Å². The molecule has 3 heteroatoms. The minimum absolute atomic E-state index is 0.601. The van der Waals surface area contributed by atoms with Crippen molar-refractivity contribution in [1.82, 2.24) is 14.9 Å². The van der Waals surface area contributed by atoms with E-state index in [-0.39, 0.29) is 0 Å². The smallest absolute Gasteiger partial charge is 0.115 e. The molecule has 82 valence electrons. The van der Waals surface area contributed by atoms with Crippen molar-refractivity contribution in [3.8, 4) is 0 Å². The van der Waals surface area contributed by atoms with Crippen molar-refractivity contribution in [2.24, 2.45) is 0 Å². The lowest BCUT2D eigenvalue weighted by Crippen LogP contribution is -2.39. The van der Waals surface area contributed by atoms with Crippen LogP contribution in [-0.4, -0.2) is 34.0 Å². The Labute approximate surface area is 91.5 Å². The van der Waals surface area contributed by atoms with Gasteiger partial charge in [-0.1, -0.05) is 0 Å². The molecule has 2 rings (SSSR count). The molecule has 15 heavy (non-hydrogen) atoms. The van der Waals surface area contributed by atoms with Crippen LogP contribution in [0.2, 0.25) is 0 Å². The molecule has 2 heterocycles. The highest BCUT2D eigenvalue weighted by atomic mass is 15.2. The molecule has 3 nitrogen and oxygen atoms in total. The molecule has 0 radical (unpaired) electrons. The highest BCUT2D eigenvalue weighted by Crippen LogP contribution is 2.25. The molecule has 0 spiro atoms. The van der Waals surface area contributed by atoms with E-state index in [2.05, 4.69) is 34.8 Å². The summed E-state index contributed by atoms with van der Waals surface area (Å²) in [5.74, 6) is 0.601. The van der Waals surface area contributed by atoms with Gasteiger partial charge in [-0.25, -0.2) is 9.97 Å². The van der Waals surface area contributed by atoms with Crippen LogP contribution in [0.4, 0.5) is 0 Å². The Bertz CT molecular complexity index is 297. The summed E-state index contributed by atoms with van der Waals surface area (Å²) in [7, 11) is 0. The van der Waals surface area contributed by atoms with E-state index < -0.39 is 0 Å². The van der Waals surface area contributed by atoms with Gasteiger partial charge in [0.1, 0.15) is 6.33 Å². The van der Waals surface area contributed by atoms with Gasteiger partial charge in [0.2, 0.25) is 0 Å². The Hall–Kier alpha value is -0.960. The van der Waals surface area contributed by atoms with Crippen LogP contribution in [0.3, 0.4) is 0 Å². The molecule has 1 aromatic heterocycles. The van der Waals surface area contributed by atoms with Gasteiger partial charge in [0.05, 0.1) is 0 Å². The minimum Gasteiger partial charge on any atom is -0.300 e. The van der Waals surface area contributed by atoms with Gasteiger partial charge in [-0.3, -0.25) is 0 Å². The fourth-order valence-corrected chi connectivity index (χ4v) is 2.26. The SMILES string of the molecule is CC(C)N1CCC[C@H](c2ccncn2)C1. The molecular weight excluding hydrogens is 186 g/mol. The lowest BCUT2D eigenvalue weighted by molar-refractivity contribution is 0.166. The first-order valence-corrected chi connectivity index (χ1v) is 5.77. The normalized spacial score (nSPS) is 23.3. The van der Waals surface area contributed by atoms with Gasteiger partial charge < -0.3 is 4.90 Å². The predicted octanol–water partition coefficient (Wildman–Crippen LogP) is 2.06. The summed E-state index contributed by atoms with van der Waals surface area (Å²) >= 11 is 0. The largest absolute Gasteiger partial charge is 0.300 e. The third-order valence-corrected chi connectivity index (χ3v) is 3.21. The molecule has 0 N–H and O–H groups in total. The third kappa shape index (κ3) is 2.53. The van der Waals surface area contributed by atoms with Crippen LogP contribution >= 0.6 is 0 Å². The Kier molecular flexibility index (Phi) is 3.31.